The lowest BCUT2D eigenvalue weighted by Crippen LogP contribution is -2.36. The lowest BCUT2D eigenvalue weighted by Gasteiger charge is -2.19. The van der Waals surface area contributed by atoms with Crippen LogP contribution in [0.5, 0.6) is 0 Å². The highest BCUT2D eigenvalue weighted by molar-refractivity contribution is 5.84. The van der Waals surface area contributed by atoms with Crippen LogP contribution in [0.25, 0.3) is 0 Å². The molecule has 2 aliphatic rings. The van der Waals surface area contributed by atoms with E-state index in [9.17, 15) is 4.79 Å². The number of hydrogen-bond acceptors (Lipinski definition) is 3. The van der Waals surface area contributed by atoms with E-state index < -0.39 is 0 Å². The summed E-state index contributed by atoms with van der Waals surface area (Å²) in [5.41, 5.74) is 0. The van der Waals surface area contributed by atoms with Crippen molar-refractivity contribution in [3.05, 3.63) is 0 Å². The fourth-order valence-corrected chi connectivity index (χ4v) is 2.61. The first-order chi connectivity index (χ1) is 8.22. The van der Waals surface area contributed by atoms with Gasteiger partial charge in [-0.05, 0) is 25.2 Å². The van der Waals surface area contributed by atoms with Crippen molar-refractivity contribution in [3.63, 3.8) is 0 Å². The highest BCUT2D eigenvalue weighted by Gasteiger charge is 2.34. The maximum Gasteiger partial charge on any atom is 0.241 e. The van der Waals surface area contributed by atoms with E-state index in [1.807, 2.05) is 4.90 Å². The summed E-state index contributed by atoms with van der Waals surface area (Å²) in [6.45, 7) is 6.71. The van der Waals surface area contributed by atoms with Crippen molar-refractivity contribution in [3.8, 4) is 0 Å². The minimum Gasteiger partial charge on any atom is -0.378 e. The van der Waals surface area contributed by atoms with Gasteiger partial charge in [0.1, 0.15) is 0 Å². The van der Waals surface area contributed by atoms with Crippen molar-refractivity contribution in [1.82, 2.24) is 10.2 Å². The Morgan fingerprint density at radius 3 is 3.06 bits per heavy atom. The molecule has 0 bridgehead atoms. The molecule has 3 atom stereocenters. The Kier molecular flexibility index (Phi) is 4.40. The number of nitrogens with zero attached hydrogens (tertiary/aromatic N) is 1. The van der Waals surface area contributed by atoms with E-state index in [4.69, 9.17) is 4.74 Å². The van der Waals surface area contributed by atoms with Crippen LogP contribution >= 0.6 is 0 Å². The van der Waals surface area contributed by atoms with Gasteiger partial charge in [-0.25, -0.2) is 0 Å². The Hall–Kier alpha value is -0.610. The quantitative estimate of drug-likeness (QED) is 0.789. The molecule has 0 radical (unpaired) electrons. The van der Waals surface area contributed by atoms with Crippen LogP contribution in [0.4, 0.5) is 0 Å². The van der Waals surface area contributed by atoms with Crippen LogP contribution in [0.15, 0.2) is 0 Å². The minimum atomic E-state index is 0.0319. The van der Waals surface area contributed by atoms with Crippen molar-refractivity contribution >= 4 is 5.91 Å². The van der Waals surface area contributed by atoms with E-state index in [1.165, 1.54) is 6.42 Å². The van der Waals surface area contributed by atoms with Crippen LogP contribution in [-0.2, 0) is 9.53 Å². The van der Waals surface area contributed by atoms with Gasteiger partial charge in [-0.15, -0.1) is 0 Å². The molecule has 2 rings (SSSR count). The smallest absolute Gasteiger partial charge is 0.241 e. The van der Waals surface area contributed by atoms with E-state index in [2.05, 4.69) is 19.2 Å². The number of nitrogens with one attached hydrogen (secondary N) is 1. The zero-order chi connectivity index (χ0) is 12.3. The molecule has 2 saturated heterocycles. The predicted octanol–water partition coefficient (Wildman–Crippen LogP) is 1.36. The van der Waals surface area contributed by atoms with Crippen LogP contribution in [0.2, 0.25) is 0 Å². The average molecular weight is 240 g/mol. The fourth-order valence-electron chi connectivity index (χ4n) is 2.61. The lowest BCUT2D eigenvalue weighted by atomic mass is 9.99. The summed E-state index contributed by atoms with van der Waals surface area (Å²) in [4.78, 5) is 14.1. The predicted molar refractivity (Wildman–Crippen MR) is 66.5 cm³/mol. The molecule has 4 heteroatoms. The second-order valence-corrected chi connectivity index (χ2v) is 5.25. The molecular formula is C13H24N2O2. The number of carbonyl (C=O) groups excluding carboxylic acids is 1. The van der Waals surface area contributed by atoms with Gasteiger partial charge >= 0.3 is 0 Å². The largest absolute Gasteiger partial charge is 0.378 e. The molecule has 0 aromatic rings. The van der Waals surface area contributed by atoms with E-state index >= 15 is 0 Å². The zero-order valence-corrected chi connectivity index (χ0v) is 10.9. The van der Waals surface area contributed by atoms with Crippen LogP contribution in [0.1, 0.15) is 39.5 Å². The molecule has 4 nitrogen and oxygen atoms in total. The van der Waals surface area contributed by atoms with Gasteiger partial charge in [-0.1, -0.05) is 20.3 Å². The molecule has 1 amide bonds. The van der Waals surface area contributed by atoms with Crippen LogP contribution < -0.4 is 5.32 Å². The summed E-state index contributed by atoms with van der Waals surface area (Å²) >= 11 is 0. The number of rotatable bonds is 5. The molecular weight excluding hydrogens is 216 g/mol. The Bertz CT molecular complexity index is 264. The van der Waals surface area contributed by atoms with Gasteiger partial charge in [0, 0.05) is 13.2 Å². The molecule has 0 aliphatic carbocycles. The van der Waals surface area contributed by atoms with Gasteiger partial charge in [0.05, 0.1) is 18.8 Å². The molecule has 2 heterocycles. The van der Waals surface area contributed by atoms with Crippen molar-refractivity contribution in [1.29, 1.82) is 0 Å². The summed E-state index contributed by atoms with van der Waals surface area (Å²) in [7, 11) is 0. The van der Waals surface area contributed by atoms with Crippen molar-refractivity contribution < 1.29 is 9.53 Å². The summed E-state index contributed by atoms with van der Waals surface area (Å²) in [6, 6.07) is 0.0319. The average Bonchev–Trinajstić information content (AvgIpc) is 2.95. The van der Waals surface area contributed by atoms with E-state index in [-0.39, 0.29) is 11.9 Å². The molecule has 0 saturated carbocycles. The van der Waals surface area contributed by atoms with Crippen LogP contribution in [0, 0.1) is 5.92 Å². The van der Waals surface area contributed by atoms with E-state index in [1.54, 1.807) is 0 Å². The van der Waals surface area contributed by atoms with Crippen LogP contribution in [-0.4, -0.2) is 42.8 Å². The normalized spacial score (nSPS) is 31.2. The Morgan fingerprint density at radius 2 is 2.41 bits per heavy atom. The molecule has 1 N–H and O–H groups in total. The summed E-state index contributed by atoms with van der Waals surface area (Å²) in [6.07, 6.45) is 4.74. The number of carbonyl (C=O) groups is 1. The summed E-state index contributed by atoms with van der Waals surface area (Å²) in [5, 5.41) is 3.32. The third-order valence-corrected chi connectivity index (χ3v) is 4.04. The molecule has 2 fully saturated rings. The maximum absolute atomic E-state index is 12.1. The second kappa shape index (κ2) is 5.83. The highest BCUT2D eigenvalue weighted by atomic mass is 16.5. The van der Waals surface area contributed by atoms with Gasteiger partial charge in [-0.2, -0.15) is 0 Å². The number of hydrogen-bond donors (Lipinski definition) is 1. The highest BCUT2D eigenvalue weighted by Crippen LogP contribution is 2.19. The molecule has 98 valence electrons. The van der Waals surface area contributed by atoms with Gasteiger partial charge in [-0.3, -0.25) is 10.1 Å². The van der Waals surface area contributed by atoms with Crippen molar-refractivity contribution in [2.45, 2.75) is 51.7 Å². The van der Waals surface area contributed by atoms with Gasteiger partial charge < -0.3 is 9.64 Å². The standard InChI is InChI=1S/C13H24N2O2/c1-3-10(2)12-13(16)15(9-14-12)7-6-11-5-4-8-17-11/h10-12,14H,3-9H2,1-2H3. The first kappa shape index (κ1) is 12.8. The Balaban J connectivity index is 1.77. The third-order valence-electron chi connectivity index (χ3n) is 4.04. The molecule has 3 unspecified atom stereocenters. The summed E-state index contributed by atoms with van der Waals surface area (Å²) in [5.74, 6) is 0.701. The first-order valence-electron chi connectivity index (χ1n) is 6.86. The fraction of sp³-hybridized carbons (Fsp3) is 0.923. The molecule has 0 spiro atoms. The van der Waals surface area contributed by atoms with Gasteiger partial charge in [0.15, 0.2) is 0 Å². The van der Waals surface area contributed by atoms with Gasteiger partial charge in [0.2, 0.25) is 5.91 Å². The number of amides is 1. The first-order valence-corrected chi connectivity index (χ1v) is 6.86. The second-order valence-electron chi connectivity index (χ2n) is 5.25. The molecule has 0 aromatic heterocycles. The monoisotopic (exact) mass is 240 g/mol. The molecule has 2 aliphatic heterocycles. The number of ether oxygens (including phenoxy) is 1. The van der Waals surface area contributed by atoms with Crippen LogP contribution in [0.3, 0.4) is 0 Å². The van der Waals surface area contributed by atoms with E-state index in [0.29, 0.717) is 18.7 Å². The minimum absolute atomic E-state index is 0.0319. The van der Waals surface area contributed by atoms with Gasteiger partial charge in [0.25, 0.3) is 0 Å². The summed E-state index contributed by atoms with van der Waals surface area (Å²) < 4.78 is 5.59. The van der Waals surface area contributed by atoms with E-state index in [0.717, 1.165) is 32.4 Å². The van der Waals surface area contributed by atoms with Crippen molar-refractivity contribution in [2.75, 3.05) is 19.8 Å². The zero-order valence-electron chi connectivity index (χ0n) is 10.9. The topological polar surface area (TPSA) is 41.6 Å². The lowest BCUT2D eigenvalue weighted by molar-refractivity contribution is -0.130. The Morgan fingerprint density at radius 1 is 1.59 bits per heavy atom. The molecule has 17 heavy (non-hydrogen) atoms. The SMILES string of the molecule is CCC(C)C1NCN(CCC2CCCO2)C1=O. The third kappa shape index (κ3) is 2.99. The Labute approximate surface area is 104 Å². The van der Waals surface area contributed by atoms with Crippen molar-refractivity contribution in [2.24, 2.45) is 5.92 Å². The maximum atomic E-state index is 12.1. The molecule has 0 aromatic carbocycles.